The molecule has 2 fully saturated rings. The maximum atomic E-state index is 12.1. The van der Waals surface area contributed by atoms with Crippen molar-refractivity contribution in [3.05, 3.63) is 18.0 Å². The first-order valence-corrected chi connectivity index (χ1v) is 8.48. The highest BCUT2D eigenvalue weighted by molar-refractivity contribution is 5.92. The predicted octanol–water partition coefficient (Wildman–Crippen LogP) is 1.92. The summed E-state index contributed by atoms with van der Waals surface area (Å²) in [6, 6.07) is 2.16. The van der Waals surface area contributed by atoms with Crippen molar-refractivity contribution in [2.24, 2.45) is 0 Å². The highest BCUT2D eigenvalue weighted by atomic mass is 35.5. The van der Waals surface area contributed by atoms with E-state index < -0.39 is 0 Å². The summed E-state index contributed by atoms with van der Waals surface area (Å²) >= 11 is 0. The average Bonchev–Trinajstić information content (AvgIpc) is 3.24. The molecule has 1 aliphatic heterocycles. The summed E-state index contributed by atoms with van der Waals surface area (Å²) in [5.41, 5.74) is 0.492. The molecule has 1 aromatic heterocycles. The van der Waals surface area contributed by atoms with Gasteiger partial charge in [-0.05, 0) is 38.3 Å². The minimum Gasteiger partial charge on any atom is -0.376 e. The minimum absolute atomic E-state index is 0. The Balaban J connectivity index is 0.00000192. The van der Waals surface area contributed by atoms with Gasteiger partial charge in [-0.15, -0.1) is 12.4 Å². The molecule has 7 heteroatoms. The number of carbonyl (C=O) groups excluding carboxylic acids is 1. The third kappa shape index (κ3) is 5.19. The Bertz CT molecular complexity index is 482. The highest BCUT2D eigenvalue weighted by Gasteiger charge is 2.18. The van der Waals surface area contributed by atoms with Crippen LogP contribution in [0.2, 0.25) is 0 Å². The standard InChI is InChI=1S/C16H26N4O2.ClH/c21-16(18-9-11-22-14-5-1-2-6-14)15-7-10-20(19-15)13-4-3-8-17-12-13;/h7,10,13-14,17H,1-6,8-9,11-12H2,(H,18,21);1H. The van der Waals surface area contributed by atoms with Crippen molar-refractivity contribution >= 4 is 18.3 Å². The summed E-state index contributed by atoms with van der Waals surface area (Å²) in [4.78, 5) is 12.1. The van der Waals surface area contributed by atoms with Crippen LogP contribution in [-0.2, 0) is 4.74 Å². The summed E-state index contributed by atoms with van der Waals surface area (Å²) in [5, 5.41) is 10.7. The quantitative estimate of drug-likeness (QED) is 0.775. The largest absolute Gasteiger partial charge is 0.376 e. The summed E-state index contributed by atoms with van der Waals surface area (Å²) < 4.78 is 7.65. The van der Waals surface area contributed by atoms with Crippen LogP contribution in [0.1, 0.15) is 55.1 Å². The van der Waals surface area contributed by atoms with E-state index in [0.29, 0.717) is 31.0 Å². The second-order valence-corrected chi connectivity index (χ2v) is 6.21. The zero-order valence-corrected chi connectivity index (χ0v) is 14.3. The van der Waals surface area contributed by atoms with Gasteiger partial charge in [-0.3, -0.25) is 9.48 Å². The number of carbonyl (C=O) groups is 1. The van der Waals surface area contributed by atoms with Gasteiger partial charge in [0.15, 0.2) is 0 Å². The van der Waals surface area contributed by atoms with E-state index in [1.807, 2.05) is 10.9 Å². The van der Waals surface area contributed by atoms with E-state index in [0.717, 1.165) is 38.8 Å². The van der Waals surface area contributed by atoms with Crippen molar-refractivity contribution in [2.75, 3.05) is 26.2 Å². The van der Waals surface area contributed by atoms with Crippen LogP contribution in [0.5, 0.6) is 0 Å². The van der Waals surface area contributed by atoms with E-state index in [1.165, 1.54) is 12.8 Å². The van der Waals surface area contributed by atoms with Gasteiger partial charge in [0.2, 0.25) is 0 Å². The van der Waals surface area contributed by atoms with Gasteiger partial charge in [-0.25, -0.2) is 0 Å². The van der Waals surface area contributed by atoms with E-state index in [2.05, 4.69) is 15.7 Å². The molecule has 2 heterocycles. The first-order chi connectivity index (χ1) is 10.8. The highest BCUT2D eigenvalue weighted by Crippen LogP contribution is 2.20. The van der Waals surface area contributed by atoms with Crippen molar-refractivity contribution in [1.29, 1.82) is 0 Å². The lowest BCUT2D eigenvalue weighted by Crippen LogP contribution is -2.32. The van der Waals surface area contributed by atoms with Gasteiger partial charge in [0.05, 0.1) is 18.8 Å². The van der Waals surface area contributed by atoms with Gasteiger partial charge in [-0.2, -0.15) is 5.10 Å². The normalized spacial score (nSPS) is 21.8. The molecule has 0 radical (unpaired) electrons. The maximum absolute atomic E-state index is 12.1. The Kier molecular flexibility index (Phi) is 7.33. The lowest BCUT2D eigenvalue weighted by atomic mass is 10.1. The van der Waals surface area contributed by atoms with Crippen LogP contribution in [0, 0.1) is 0 Å². The number of hydrogen-bond acceptors (Lipinski definition) is 4. The topological polar surface area (TPSA) is 68.2 Å². The van der Waals surface area contributed by atoms with Crippen molar-refractivity contribution in [1.82, 2.24) is 20.4 Å². The third-order valence-corrected chi connectivity index (χ3v) is 4.53. The molecule has 2 N–H and O–H groups in total. The Morgan fingerprint density at radius 3 is 2.91 bits per heavy atom. The van der Waals surface area contributed by atoms with Crippen LogP contribution in [0.4, 0.5) is 0 Å². The van der Waals surface area contributed by atoms with Crippen LogP contribution in [0.25, 0.3) is 0 Å². The maximum Gasteiger partial charge on any atom is 0.271 e. The molecular weight excluding hydrogens is 316 g/mol. The number of rotatable bonds is 6. The molecule has 1 saturated carbocycles. The summed E-state index contributed by atoms with van der Waals surface area (Å²) in [6.07, 6.45) is 9.43. The first kappa shape index (κ1) is 18.2. The first-order valence-electron chi connectivity index (χ1n) is 8.48. The smallest absolute Gasteiger partial charge is 0.271 e. The SMILES string of the molecule is Cl.O=C(NCCOC1CCCC1)c1ccn(C2CCCNC2)n1. The van der Waals surface area contributed by atoms with Gasteiger partial charge < -0.3 is 15.4 Å². The molecule has 0 spiro atoms. The van der Waals surface area contributed by atoms with Crippen molar-refractivity contribution in [2.45, 2.75) is 50.7 Å². The van der Waals surface area contributed by atoms with Crippen LogP contribution in [0.3, 0.4) is 0 Å². The molecule has 23 heavy (non-hydrogen) atoms. The number of nitrogens with one attached hydrogen (secondary N) is 2. The second-order valence-electron chi connectivity index (χ2n) is 6.21. The van der Waals surface area contributed by atoms with Gasteiger partial charge in [0, 0.05) is 19.3 Å². The summed E-state index contributed by atoms with van der Waals surface area (Å²) in [7, 11) is 0. The molecule has 0 bridgehead atoms. The Hall–Kier alpha value is -1.11. The van der Waals surface area contributed by atoms with E-state index >= 15 is 0 Å². The molecule has 2 aliphatic rings. The van der Waals surface area contributed by atoms with E-state index in [1.54, 1.807) is 6.07 Å². The number of aromatic nitrogens is 2. The molecule has 1 aromatic rings. The van der Waals surface area contributed by atoms with Gasteiger partial charge in [0.1, 0.15) is 5.69 Å². The molecule has 3 rings (SSSR count). The molecule has 1 atom stereocenters. The van der Waals surface area contributed by atoms with Gasteiger partial charge >= 0.3 is 0 Å². The molecule has 130 valence electrons. The number of amides is 1. The number of piperidine rings is 1. The Morgan fingerprint density at radius 1 is 1.35 bits per heavy atom. The summed E-state index contributed by atoms with van der Waals surface area (Å²) in [6.45, 7) is 3.14. The molecule has 1 unspecified atom stereocenters. The van der Waals surface area contributed by atoms with Crippen LogP contribution in [-0.4, -0.2) is 48.0 Å². The van der Waals surface area contributed by atoms with Crippen LogP contribution >= 0.6 is 12.4 Å². The van der Waals surface area contributed by atoms with Crippen LogP contribution < -0.4 is 10.6 Å². The van der Waals surface area contributed by atoms with Crippen molar-refractivity contribution < 1.29 is 9.53 Å². The fourth-order valence-corrected chi connectivity index (χ4v) is 3.26. The van der Waals surface area contributed by atoms with Crippen molar-refractivity contribution in [3.63, 3.8) is 0 Å². The third-order valence-electron chi connectivity index (χ3n) is 4.53. The number of halogens is 1. The number of ether oxygens (including phenoxy) is 1. The molecule has 1 saturated heterocycles. The number of hydrogen-bond donors (Lipinski definition) is 2. The fraction of sp³-hybridized carbons (Fsp3) is 0.750. The molecular formula is C16H27ClN4O2. The average molecular weight is 343 g/mol. The lowest BCUT2D eigenvalue weighted by molar-refractivity contribution is 0.0581. The fourth-order valence-electron chi connectivity index (χ4n) is 3.26. The molecule has 6 nitrogen and oxygen atoms in total. The van der Waals surface area contributed by atoms with Gasteiger partial charge in [0.25, 0.3) is 5.91 Å². The zero-order valence-electron chi connectivity index (χ0n) is 13.5. The minimum atomic E-state index is -0.113. The molecule has 1 aliphatic carbocycles. The molecule has 1 amide bonds. The predicted molar refractivity (Wildman–Crippen MR) is 91.2 cm³/mol. The summed E-state index contributed by atoms with van der Waals surface area (Å²) in [5.74, 6) is -0.113. The Labute approximate surface area is 143 Å². The monoisotopic (exact) mass is 342 g/mol. The van der Waals surface area contributed by atoms with Crippen molar-refractivity contribution in [3.8, 4) is 0 Å². The second kappa shape index (κ2) is 9.25. The van der Waals surface area contributed by atoms with E-state index in [-0.39, 0.29) is 18.3 Å². The molecule has 0 aromatic carbocycles. The Morgan fingerprint density at radius 2 is 2.17 bits per heavy atom. The van der Waals surface area contributed by atoms with Gasteiger partial charge in [-0.1, -0.05) is 12.8 Å². The zero-order chi connectivity index (χ0) is 15.2. The number of nitrogens with zero attached hydrogens (tertiary/aromatic N) is 2. The van der Waals surface area contributed by atoms with E-state index in [9.17, 15) is 4.79 Å². The lowest BCUT2D eigenvalue weighted by Gasteiger charge is -2.22. The van der Waals surface area contributed by atoms with E-state index in [4.69, 9.17) is 4.74 Å². The van der Waals surface area contributed by atoms with Crippen LogP contribution in [0.15, 0.2) is 12.3 Å².